The van der Waals surface area contributed by atoms with Gasteiger partial charge in [0.05, 0.1) is 6.07 Å². The molecule has 0 aromatic carbocycles. The van der Waals surface area contributed by atoms with Gasteiger partial charge < -0.3 is 4.74 Å². The van der Waals surface area contributed by atoms with E-state index in [-0.39, 0.29) is 6.10 Å². The first-order chi connectivity index (χ1) is 5.38. The summed E-state index contributed by atoms with van der Waals surface area (Å²) >= 11 is 1.58. The average Bonchev–Trinajstić information content (AvgIpc) is 2.52. The molecule has 0 N–H and O–H groups in total. The van der Waals surface area contributed by atoms with Gasteiger partial charge in [-0.15, -0.1) is 0 Å². The third-order valence-electron chi connectivity index (χ3n) is 1.30. The topological polar surface area (TPSA) is 33.0 Å². The lowest BCUT2D eigenvalue weighted by Gasteiger charge is -2.05. The summed E-state index contributed by atoms with van der Waals surface area (Å²) < 4.78 is 5.18. The van der Waals surface area contributed by atoms with Crippen molar-refractivity contribution in [3.8, 4) is 6.07 Å². The van der Waals surface area contributed by atoms with E-state index in [0.717, 1.165) is 5.56 Å². The Morgan fingerprint density at radius 1 is 1.82 bits per heavy atom. The van der Waals surface area contributed by atoms with Crippen LogP contribution in [0.1, 0.15) is 18.6 Å². The van der Waals surface area contributed by atoms with Crippen LogP contribution in [0.25, 0.3) is 0 Å². The van der Waals surface area contributed by atoms with Gasteiger partial charge in [0.2, 0.25) is 0 Å². The maximum Gasteiger partial charge on any atom is 0.169 e. The van der Waals surface area contributed by atoms with Crippen molar-refractivity contribution in [2.45, 2.75) is 13.0 Å². The summed E-state index contributed by atoms with van der Waals surface area (Å²) in [6, 6.07) is 4.00. The Morgan fingerprint density at radius 2 is 2.64 bits per heavy atom. The van der Waals surface area contributed by atoms with Crippen LogP contribution in [0, 0.1) is 11.3 Å². The second-order valence-corrected chi connectivity index (χ2v) is 2.80. The highest BCUT2D eigenvalue weighted by molar-refractivity contribution is 7.07. The quantitative estimate of drug-likeness (QED) is 0.692. The highest BCUT2D eigenvalue weighted by Gasteiger charge is 2.08. The molecule has 0 fully saturated rings. The first-order valence-electron chi connectivity index (χ1n) is 3.41. The van der Waals surface area contributed by atoms with Gasteiger partial charge in [0.25, 0.3) is 0 Å². The van der Waals surface area contributed by atoms with Gasteiger partial charge in [-0.05, 0) is 23.8 Å². The Kier molecular flexibility index (Phi) is 3.09. The van der Waals surface area contributed by atoms with Gasteiger partial charge in [-0.2, -0.15) is 16.6 Å². The number of ether oxygens (including phenoxy) is 1. The van der Waals surface area contributed by atoms with Crippen LogP contribution in [-0.2, 0) is 4.74 Å². The van der Waals surface area contributed by atoms with Crippen LogP contribution in [0.3, 0.4) is 0 Å². The second kappa shape index (κ2) is 4.12. The van der Waals surface area contributed by atoms with Crippen LogP contribution in [-0.4, -0.2) is 6.61 Å². The Bertz CT molecular complexity index is 237. The van der Waals surface area contributed by atoms with E-state index in [2.05, 4.69) is 6.07 Å². The molecule has 2 nitrogen and oxygen atoms in total. The SMILES string of the molecule is CCOC(C#N)c1ccsc1. The van der Waals surface area contributed by atoms with Gasteiger partial charge in [-0.25, -0.2) is 0 Å². The predicted molar refractivity (Wildman–Crippen MR) is 44.3 cm³/mol. The number of hydrogen-bond donors (Lipinski definition) is 0. The summed E-state index contributed by atoms with van der Waals surface area (Å²) in [6.07, 6.45) is -0.383. The molecule has 1 atom stereocenters. The largest absolute Gasteiger partial charge is 0.359 e. The molecule has 1 rings (SSSR count). The average molecular weight is 167 g/mol. The number of hydrogen-bond acceptors (Lipinski definition) is 3. The molecule has 0 saturated heterocycles. The van der Waals surface area contributed by atoms with E-state index >= 15 is 0 Å². The highest BCUT2D eigenvalue weighted by atomic mass is 32.1. The molecule has 1 unspecified atom stereocenters. The molecule has 3 heteroatoms. The zero-order valence-corrected chi connectivity index (χ0v) is 7.10. The molecular weight excluding hydrogens is 158 g/mol. The zero-order chi connectivity index (χ0) is 8.10. The normalized spacial score (nSPS) is 12.4. The lowest BCUT2D eigenvalue weighted by Crippen LogP contribution is -1.99. The smallest absolute Gasteiger partial charge is 0.169 e. The van der Waals surface area contributed by atoms with Crippen LogP contribution < -0.4 is 0 Å². The molecule has 0 saturated carbocycles. The number of thiophene rings is 1. The summed E-state index contributed by atoms with van der Waals surface area (Å²) in [4.78, 5) is 0. The predicted octanol–water partition coefficient (Wildman–Crippen LogP) is 2.35. The fourth-order valence-electron chi connectivity index (χ4n) is 0.799. The van der Waals surface area contributed by atoms with Gasteiger partial charge in [-0.3, -0.25) is 0 Å². The zero-order valence-electron chi connectivity index (χ0n) is 6.28. The molecule has 0 bridgehead atoms. The number of nitriles is 1. The molecule has 0 spiro atoms. The first-order valence-corrected chi connectivity index (χ1v) is 4.36. The second-order valence-electron chi connectivity index (χ2n) is 2.02. The van der Waals surface area contributed by atoms with Crippen molar-refractivity contribution in [2.24, 2.45) is 0 Å². The van der Waals surface area contributed by atoms with E-state index in [4.69, 9.17) is 10.00 Å². The van der Waals surface area contributed by atoms with E-state index in [0.29, 0.717) is 6.61 Å². The molecule has 1 heterocycles. The summed E-state index contributed by atoms with van der Waals surface area (Å²) in [6.45, 7) is 2.46. The summed E-state index contributed by atoms with van der Waals surface area (Å²) in [7, 11) is 0. The van der Waals surface area contributed by atoms with Crippen LogP contribution >= 0.6 is 11.3 Å². The Morgan fingerprint density at radius 3 is 3.09 bits per heavy atom. The van der Waals surface area contributed by atoms with Gasteiger partial charge in [0, 0.05) is 12.2 Å². The minimum atomic E-state index is -0.383. The lowest BCUT2D eigenvalue weighted by molar-refractivity contribution is 0.102. The molecule has 0 aliphatic rings. The Balaban J connectivity index is 2.65. The molecule has 0 radical (unpaired) electrons. The molecule has 0 aliphatic carbocycles. The van der Waals surface area contributed by atoms with Crippen molar-refractivity contribution in [2.75, 3.05) is 6.61 Å². The lowest BCUT2D eigenvalue weighted by atomic mass is 10.2. The maximum atomic E-state index is 8.66. The van der Waals surface area contributed by atoms with Crippen molar-refractivity contribution >= 4 is 11.3 Å². The van der Waals surface area contributed by atoms with E-state index < -0.39 is 0 Å². The Labute approximate surface area is 70.0 Å². The minimum absolute atomic E-state index is 0.383. The maximum absolute atomic E-state index is 8.66. The molecular formula is C8H9NOS. The van der Waals surface area contributed by atoms with Crippen molar-refractivity contribution in [3.05, 3.63) is 22.4 Å². The minimum Gasteiger partial charge on any atom is -0.359 e. The fraction of sp³-hybridized carbons (Fsp3) is 0.375. The molecule has 1 aromatic rings. The van der Waals surface area contributed by atoms with Crippen LogP contribution in [0.15, 0.2) is 16.8 Å². The molecule has 58 valence electrons. The third kappa shape index (κ3) is 2.04. The van der Waals surface area contributed by atoms with Gasteiger partial charge in [0.1, 0.15) is 0 Å². The summed E-state index contributed by atoms with van der Waals surface area (Å²) in [5.74, 6) is 0. The first kappa shape index (κ1) is 8.25. The standard InChI is InChI=1S/C8H9NOS/c1-2-10-8(5-9)7-3-4-11-6-7/h3-4,6,8H,2H2,1H3. The molecule has 0 aliphatic heterocycles. The van der Waals surface area contributed by atoms with Crippen molar-refractivity contribution in [1.82, 2.24) is 0 Å². The van der Waals surface area contributed by atoms with Crippen molar-refractivity contribution < 1.29 is 4.74 Å². The monoisotopic (exact) mass is 167 g/mol. The summed E-state index contributed by atoms with van der Waals surface area (Å²) in [5, 5.41) is 12.5. The number of nitrogens with zero attached hydrogens (tertiary/aromatic N) is 1. The van der Waals surface area contributed by atoms with Crippen molar-refractivity contribution in [1.29, 1.82) is 5.26 Å². The summed E-state index contributed by atoms with van der Waals surface area (Å²) in [5.41, 5.74) is 0.958. The van der Waals surface area contributed by atoms with Crippen molar-refractivity contribution in [3.63, 3.8) is 0 Å². The van der Waals surface area contributed by atoms with Crippen LogP contribution in [0.4, 0.5) is 0 Å². The molecule has 1 aromatic heterocycles. The van der Waals surface area contributed by atoms with Crippen LogP contribution in [0.5, 0.6) is 0 Å². The van der Waals surface area contributed by atoms with Gasteiger partial charge in [0.15, 0.2) is 6.10 Å². The van der Waals surface area contributed by atoms with E-state index in [1.807, 2.05) is 23.8 Å². The van der Waals surface area contributed by atoms with Gasteiger partial charge >= 0.3 is 0 Å². The number of rotatable bonds is 3. The fourth-order valence-corrected chi connectivity index (χ4v) is 1.47. The highest BCUT2D eigenvalue weighted by Crippen LogP contribution is 2.18. The third-order valence-corrected chi connectivity index (χ3v) is 2.00. The van der Waals surface area contributed by atoms with Crippen LogP contribution in [0.2, 0.25) is 0 Å². The molecule has 11 heavy (non-hydrogen) atoms. The van der Waals surface area contributed by atoms with E-state index in [9.17, 15) is 0 Å². The van der Waals surface area contributed by atoms with E-state index in [1.54, 1.807) is 11.3 Å². The molecule has 0 amide bonds. The van der Waals surface area contributed by atoms with E-state index in [1.165, 1.54) is 0 Å². The Hall–Kier alpha value is -0.850. The van der Waals surface area contributed by atoms with Gasteiger partial charge in [-0.1, -0.05) is 0 Å².